The third-order valence-corrected chi connectivity index (χ3v) is 3.33. The number of carbonyl (C=O) groups excluding carboxylic acids is 1. The van der Waals surface area contributed by atoms with Crippen molar-refractivity contribution in [3.8, 4) is 0 Å². The molecule has 0 spiro atoms. The minimum Gasteiger partial charge on any atom is -0.368 e. The molecule has 2 N–H and O–H groups in total. The molecule has 0 saturated heterocycles. The van der Waals surface area contributed by atoms with Gasteiger partial charge in [-0.2, -0.15) is 13.2 Å². The number of carbonyl (C=O) groups is 1. The highest BCUT2D eigenvalue weighted by Gasteiger charge is 2.30. The van der Waals surface area contributed by atoms with Gasteiger partial charge in [-0.15, -0.1) is 0 Å². The Hall–Kier alpha value is -2.57. The van der Waals surface area contributed by atoms with Gasteiger partial charge in [0.15, 0.2) is 0 Å². The van der Waals surface area contributed by atoms with Crippen LogP contribution in [0.1, 0.15) is 17.5 Å². The van der Waals surface area contributed by atoms with Gasteiger partial charge in [-0.3, -0.25) is 4.79 Å². The Balaban J connectivity index is 1.64. The first-order chi connectivity index (χ1) is 11.4. The number of pyridine rings is 1. The van der Waals surface area contributed by atoms with Gasteiger partial charge < -0.3 is 10.6 Å². The minimum atomic E-state index is -4.39. The number of rotatable bonds is 7. The summed E-state index contributed by atoms with van der Waals surface area (Å²) in [6.07, 6.45) is -2.55. The van der Waals surface area contributed by atoms with E-state index in [-0.39, 0.29) is 5.91 Å². The summed E-state index contributed by atoms with van der Waals surface area (Å²) < 4.78 is 37.2. The minimum absolute atomic E-state index is 0.0685. The number of nitrogens with zero attached hydrogens (tertiary/aromatic N) is 1. The lowest BCUT2D eigenvalue weighted by Crippen LogP contribution is -2.29. The molecule has 0 aliphatic carbocycles. The predicted molar refractivity (Wildman–Crippen MR) is 85.5 cm³/mol. The molecule has 1 aromatic heterocycles. The van der Waals surface area contributed by atoms with Crippen molar-refractivity contribution in [3.05, 3.63) is 59.8 Å². The van der Waals surface area contributed by atoms with Crippen LogP contribution in [0.25, 0.3) is 0 Å². The van der Waals surface area contributed by atoms with E-state index in [1.165, 1.54) is 6.07 Å². The highest BCUT2D eigenvalue weighted by molar-refractivity contribution is 5.76. The standard InChI is InChI=1S/C17H18F3N3O/c18-17(19,20)14-7-8-15(23-12-14)21-10-11-22-16(24)9-6-13-4-2-1-3-5-13/h1-5,7-8,12H,6,9-11H2,(H,21,23)(H,22,24). The molecule has 2 rings (SSSR count). The predicted octanol–water partition coefficient (Wildman–Crippen LogP) is 3.26. The van der Waals surface area contributed by atoms with Crippen molar-refractivity contribution in [1.82, 2.24) is 10.3 Å². The number of anilines is 1. The molecule has 0 aliphatic rings. The summed E-state index contributed by atoms with van der Waals surface area (Å²) in [7, 11) is 0. The van der Waals surface area contributed by atoms with Gasteiger partial charge in [0.25, 0.3) is 0 Å². The van der Waals surface area contributed by atoms with E-state index in [0.717, 1.165) is 17.8 Å². The second-order valence-electron chi connectivity index (χ2n) is 5.19. The number of alkyl halides is 3. The Bertz CT molecular complexity index is 642. The molecule has 0 unspecified atom stereocenters. The van der Waals surface area contributed by atoms with Crippen LogP contribution in [0.4, 0.5) is 19.0 Å². The van der Waals surface area contributed by atoms with Crippen molar-refractivity contribution < 1.29 is 18.0 Å². The van der Waals surface area contributed by atoms with Crippen molar-refractivity contribution in [2.45, 2.75) is 19.0 Å². The maximum Gasteiger partial charge on any atom is 0.417 e. The molecule has 1 aromatic carbocycles. The number of nitrogens with one attached hydrogen (secondary N) is 2. The second-order valence-corrected chi connectivity index (χ2v) is 5.19. The van der Waals surface area contributed by atoms with Crippen LogP contribution in [0.5, 0.6) is 0 Å². The van der Waals surface area contributed by atoms with Crippen LogP contribution in [0.3, 0.4) is 0 Å². The largest absolute Gasteiger partial charge is 0.417 e. The highest BCUT2D eigenvalue weighted by Crippen LogP contribution is 2.28. The van der Waals surface area contributed by atoms with Crippen molar-refractivity contribution >= 4 is 11.7 Å². The fraction of sp³-hybridized carbons (Fsp3) is 0.294. The van der Waals surface area contributed by atoms with Crippen molar-refractivity contribution in [3.63, 3.8) is 0 Å². The van der Waals surface area contributed by atoms with Crippen LogP contribution in [-0.4, -0.2) is 24.0 Å². The van der Waals surface area contributed by atoms with Crippen LogP contribution >= 0.6 is 0 Å². The van der Waals surface area contributed by atoms with Gasteiger partial charge in [0, 0.05) is 25.7 Å². The van der Waals surface area contributed by atoms with Crippen molar-refractivity contribution in [2.24, 2.45) is 0 Å². The molecule has 0 radical (unpaired) electrons. The zero-order valence-corrected chi connectivity index (χ0v) is 12.9. The molecular weight excluding hydrogens is 319 g/mol. The maximum absolute atomic E-state index is 12.4. The number of benzene rings is 1. The Labute approximate surface area is 138 Å². The third kappa shape index (κ3) is 5.91. The van der Waals surface area contributed by atoms with Crippen LogP contribution in [0.2, 0.25) is 0 Å². The monoisotopic (exact) mass is 337 g/mol. The molecule has 128 valence electrons. The molecule has 0 bridgehead atoms. The number of hydrogen-bond donors (Lipinski definition) is 2. The normalized spacial score (nSPS) is 11.1. The Morgan fingerprint density at radius 1 is 1.04 bits per heavy atom. The average Bonchev–Trinajstić information content (AvgIpc) is 2.57. The summed E-state index contributed by atoms with van der Waals surface area (Å²) in [6.45, 7) is 0.756. The Kier molecular flexibility index (Phi) is 6.17. The summed E-state index contributed by atoms with van der Waals surface area (Å²) in [5.74, 6) is 0.266. The molecule has 24 heavy (non-hydrogen) atoms. The van der Waals surface area contributed by atoms with E-state index in [0.29, 0.717) is 31.7 Å². The summed E-state index contributed by atoms with van der Waals surface area (Å²) in [5.41, 5.74) is 0.307. The first-order valence-electron chi connectivity index (χ1n) is 7.53. The van der Waals surface area contributed by atoms with Gasteiger partial charge in [0.1, 0.15) is 5.82 Å². The van der Waals surface area contributed by atoms with Crippen molar-refractivity contribution in [2.75, 3.05) is 18.4 Å². The zero-order valence-electron chi connectivity index (χ0n) is 12.9. The van der Waals surface area contributed by atoms with E-state index in [1.807, 2.05) is 30.3 Å². The summed E-state index contributed by atoms with van der Waals surface area (Å²) in [5, 5.41) is 5.61. The van der Waals surface area contributed by atoms with Crippen LogP contribution in [0, 0.1) is 0 Å². The lowest BCUT2D eigenvalue weighted by Gasteiger charge is -2.09. The second kappa shape index (κ2) is 8.33. The smallest absolute Gasteiger partial charge is 0.368 e. The molecule has 4 nitrogen and oxygen atoms in total. The summed E-state index contributed by atoms with van der Waals surface area (Å²) in [4.78, 5) is 15.4. The summed E-state index contributed by atoms with van der Waals surface area (Å²) >= 11 is 0. The number of halogens is 3. The molecule has 1 heterocycles. The van der Waals surface area contributed by atoms with Gasteiger partial charge >= 0.3 is 6.18 Å². The average molecular weight is 337 g/mol. The van der Waals surface area contributed by atoms with Gasteiger partial charge in [-0.1, -0.05) is 30.3 Å². The lowest BCUT2D eigenvalue weighted by molar-refractivity contribution is -0.137. The molecule has 7 heteroatoms. The van der Waals surface area contributed by atoms with E-state index >= 15 is 0 Å². The van der Waals surface area contributed by atoms with E-state index in [9.17, 15) is 18.0 Å². The molecule has 0 aliphatic heterocycles. The molecule has 0 atom stereocenters. The Morgan fingerprint density at radius 2 is 1.79 bits per heavy atom. The number of hydrogen-bond acceptors (Lipinski definition) is 3. The van der Waals surface area contributed by atoms with Gasteiger partial charge in [0.2, 0.25) is 5.91 Å². The maximum atomic E-state index is 12.4. The van der Waals surface area contributed by atoms with E-state index in [4.69, 9.17) is 0 Å². The molecule has 0 fully saturated rings. The van der Waals surface area contributed by atoms with Gasteiger partial charge in [-0.25, -0.2) is 4.98 Å². The first kappa shape index (κ1) is 17.8. The lowest BCUT2D eigenvalue weighted by atomic mass is 10.1. The quantitative estimate of drug-likeness (QED) is 0.763. The SMILES string of the molecule is O=C(CCc1ccccc1)NCCNc1ccc(C(F)(F)F)cn1. The third-order valence-electron chi connectivity index (χ3n) is 3.33. The highest BCUT2D eigenvalue weighted by atomic mass is 19.4. The van der Waals surface area contributed by atoms with Crippen LogP contribution < -0.4 is 10.6 Å². The first-order valence-corrected chi connectivity index (χ1v) is 7.53. The van der Waals surface area contributed by atoms with E-state index in [2.05, 4.69) is 15.6 Å². The number of aromatic nitrogens is 1. The van der Waals surface area contributed by atoms with Gasteiger partial charge in [0.05, 0.1) is 5.56 Å². The summed E-state index contributed by atoms with van der Waals surface area (Å²) in [6, 6.07) is 11.9. The van der Waals surface area contributed by atoms with Crippen LogP contribution in [0.15, 0.2) is 48.7 Å². The van der Waals surface area contributed by atoms with E-state index in [1.54, 1.807) is 0 Å². The van der Waals surface area contributed by atoms with E-state index < -0.39 is 11.7 Å². The van der Waals surface area contributed by atoms with Gasteiger partial charge in [-0.05, 0) is 24.1 Å². The van der Waals surface area contributed by atoms with Crippen LogP contribution in [-0.2, 0) is 17.4 Å². The zero-order chi connectivity index (χ0) is 17.4. The Morgan fingerprint density at radius 3 is 2.42 bits per heavy atom. The molecule has 1 amide bonds. The number of aryl methyl sites for hydroxylation is 1. The molecule has 0 saturated carbocycles. The molecular formula is C17H18F3N3O. The fourth-order valence-corrected chi connectivity index (χ4v) is 2.05. The fourth-order valence-electron chi connectivity index (χ4n) is 2.05. The topological polar surface area (TPSA) is 54.0 Å². The number of amides is 1. The molecule has 2 aromatic rings. The van der Waals surface area contributed by atoms with Crippen molar-refractivity contribution in [1.29, 1.82) is 0 Å².